The van der Waals surface area contributed by atoms with Crippen LogP contribution < -0.4 is 15.4 Å². The molecule has 0 aliphatic rings. The Kier molecular flexibility index (Phi) is 5.81. The molecule has 0 saturated carbocycles. The predicted octanol–water partition coefficient (Wildman–Crippen LogP) is 3.14. The van der Waals surface area contributed by atoms with Crippen molar-refractivity contribution in [1.82, 2.24) is 10.3 Å². The summed E-state index contributed by atoms with van der Waals surface area (Å²) >= 11 is 0. The van der Waals surface area contributed by atoms with Gasteiger partial charge in [-0.3, -0.25) is 5.32 Å². The first kappa shape index (κ1) is 18.5. The van der Waals surface area contributed by atoms with Crippen LogP contribution in [0.5, 0.6) is 5.75 Å². The van der Waals surface area contributed by atoms with Crippen LogP contribution in [0.2, 0.25) is 0 Å². The van der Waals surface area contributed by atoms with Gasteiger partial charge in [0, 0.05) is 12.7 Å². The SMILES string of the molecule is Cc1cccnc1NC(=O)NCC(O)c1ccc(OC(F)(F)F)cc1. The number of anilines is 1. The Morgan fingerprint density at radius 2 is 1.96 bits per heavy atom. The third-order valence-electron chi connectivity index (χ3n) is 3.20. The summed E-state index contributed by atoms with van der Waals surface area (Å²) in [5, 5.41) is 15.0. The molecule has 0 bridgehead atoms. The van der Waals surface area contributed by atoms with Gasteiger partial charge in [0.25, 0.3) is 0 Å². The summed E-state index contributed by atoms with van der Waals surface area (Å²) in [5.41, 5.74) is 1.11. The summed E-state index contributed by atoms with van der Waals surface area (Å²) < 4.78 is 40.0. The maximum atomic E-state index is 12.1. The number of aryl methyl sites for hydroxylation is 1. The van der Waals surface area contributed by atoms with Crippen LogP contribution in [0.1, 0.15) is 17.2 Å². The Morgan fingerprint density at radius 1 is 1.28 bits per heavy atom. The quantitative estimate of drug-likeness (QED) is 0.769. The van der Waals surface area contributed by atoms with Crippen LogP contribution in [0.15, 0.2) is 42.6 Å². The number of amides is 2. The number of pyridine rings is 1. The van der Waals surface area contributed by atoms with Crippen LogP contribution in [0, 0.1) is 6.92 Å². The number of halogens is 3. The molecule has 2 rings (SSSR count). The van der Waals surface area contributed by atoms with E-state index in [-0.39, 0.29) is 12.3 Å². The van der Waals surface area contributed by atoms with E-state index in [0.717, 1.165) is 17.7 Å². The van der Waals surface area contributed by atoms with Gasteiger partial charge in [0.2, 0.25) is 0 Å². The van der Waals surface area contributed by atoms with E-state index >= 15 is 0 Å². The average Bonchev–Trinajstić information content (AvgIpc) is 2.54. The lowest BCUT2D eigenvalue weighted by Crippen LogP contribution is -2.32. The molecular weight excluding hydrogens is 339 g/mol. The lowest BCUT2D eigenvalue weighted by molar-refractivity contribution is -0.274. The molecular formula is C16H16F3N3O3. The number of hydrogen-bond acceptors (Lipinski definition) is 4. The first-order valence-corrected chi connectivity index (χ1v) is 7.25. The van der Waals surface area contributed by atoms with Gasteiger partial charge in [-0.05, 0) is 36.2 Å². The zero-order valence-electron chi connectivity index (χ0n) is 13.2. The van der Waals surface area contributed by atoms with Gasteiger partial charge in [-0.2, -0.15) is 0 Å². The number of hydrogen-bond donors (Lipinski definition) is 3. The molecule has 6 nitrogen and oxygen atoms in total. The van der Waals surface area contributed by atoms with Gasteiger partial charge < -0.3 is 15.2 Å². The number of nitrogens with zero attached hydrogens (tertiary/aromatic N) is 1. The molecule has 0 fully saturated rings. The molecule has 0 aliphatic heterocycles. The Morgan fingerprint density at radius 3 is 2.56 bits per heavy atom. The van der Waals surface area contributed by atoms with E-state index < -0.39 is 18.5 Å². The maximum Gasteiger partial charge on any atom is 0.573 e. The number of benzene rings is 1. The molecule has 0 saturated heterocycles. The van der Waals surface area contributed by atoms with Gasteiger partial charge in [-0.1, -0.05) is 18.2 Å². The van der Waals surface area contributed by atoms with Crippen molar-refractivity contribution in [2.24, 2.45) is 0 Å². The number of aliphatic hydroxyl groups excluding tert-OH is 1. The smallest absolute Gasteiger partial charge is 0.406 e. The topological polar surface area (TPSA) is 83.5 Å². The number of urea groups is 1. The summed E-state index contributed by atoms with van der Waals surface area (Å²) in [6.07, 6.45) is -4.33. The molecule has 1 unspecified atom stereocenters. The van der Waals surface area contributed by atoms with E-state index in [0.29, 0.717) is 11.4 Å². The fourth-order valence-electron chi connectivity index (χ4n) is 1.97. The van der Waals surface area contributed by atoms with E-state index in [9.17, 15) is 23.1 Å². The van der Waals surface area contributed by atoms with Crippen LogP contribution in [-0.2, 0) is 0 Å². The monoisotopic (exact) mass is 355 g/mol. The number of carbonyl (C=O) groups is 1. The van der Waals surface area contributed by atoms with Gasteiger partial charge >= 0.3 is 12.4 Å². The van der Waals surface area contributed by atoms with Crippen molar-refractivity contribution in [3.05, 3.63) is 53.7 Å². The summed E-state index contributed by atoms with van der Waals surface area (Å²) in [6.45, 7) is 1.65. The zero-order valence-corrected chi connectivity index (χ0v) is 13.2. The average molecular weight is 355 g/mol. The molecule has 3 N–H and O–H groups in total. The molecule has 134 valence electrons. The van der Waals surface area contributed by atoms with Gasteiger partial charge in [-0.15, -0.1) is 13.2 Å². The minimum absolute atomic E-state index is 0.128. The third kappa shape index (κ3) is 5.96. The minimum atomic E-state index is -4.77. The Bertz CT molecular complexity index is 721. The number of nitrogens with one attached hydrogen (secondary N) is 2. The highest BCUT2D eigenvalue weighted by Gasteiger charge is 2.31. The summed E-state index contributed by atoms with van der Waals surface area (Å²) in [5.74, 6) is 0.00271. The number of ether oxygens (including phenoxy) is 1. The molecule has 9 heteroatoms. The minimum Gasteiger partial charge on any atom is -0.406 e. The molecule has 0 aliphatic carbocycles. The molecule has 25 heavy (non-hydrogen) atoms. The molecule has 2 amide bonds. The fourth-order valence-corrected chi connectivity index (χ4v) is 1.97. The molecule has 2 aromatic rings. The van der Waals surface area contributed by atoms with Crippen molar-refractivity contribution >= 4 is 11.8 Å². The Labute approximate surface area is 141 Å². The second-order valence-corrected chi connectivity index (χ2v) is 5.14. The number of alkyl halides is 3. The van der Waals surface area contributed by atoms with E-state index in [4.69, 9.17) is 0 Å². The second kappa shape index (κ2) is 7.84. The van der Waals surface area contributed by atoms with Gasteiger partial charge in [0.05, 0.1) is 6.10 Å². The van der Waals surface area contributed by atoms with Crippen LogP contribution in [0.4, 0.5) is 23.8 Å². The molecule has 0 spiro atoms. The second-order valence-electron chi connectivity index (χ2n) is 5.14. The molecule has 1 atom stereocenters. The highest BCUT2D eigenvalue weighted by Crippen LogP contribution is 2.24. The van der Waals surface area contributed by atoms with Gasteiger partial charge in [-0.25, -0.2) is 9.78 Å². The lowest BCUT2D eigenvalue weighted by Gasteiger charge is -2.14. The molecule has 0 radical (unpaired) electrons. The van der Waals surface area contributed by atoms with Crippen molar-refractivity contribution in [3.63, 3.8) is 0 Å². The van der Waals surface area contributed by atoms with Crippen molar-refractivity contribution in [2.45, 2.75) is 19.4 Å². The fraction of sp³-hybridized carbons (Fsp3) is 0.250. The molecule has 1 heterocycles. The lowest BCUT2D eigenvalue weighted by atomic mass is 10.1. The van der Waals surface area contributed by atoms with E-state index in [1.165, 1.54) is 18.3 Å². The largest absolute Gasteiger partial charge is 0.573 e. The highest BCUT2D eigenvalue weighted by molar-refractivity contribution is 5.88. The Balaban J connectivity index is 1.86. The highest BCUT2D eigenvalue weighted by atomic mass is 19.4. The summed E-state index contributed by atoms with van der Waals surface area (Å²) in [4.78, 5) is 15.8. The van der Waals surface area contributed by atoms with Gasteiger partial charge in [0.1, 0.15) is 11.6 Å². The summed E-state index contributed by atoms with van der Waals surface area (Å²) in [6, 6.07) is 7.70. The number of aliphatic hydroxyl groups is 1. The van der Waals surface area contributed by atoms with Crippen molar-refractivity contribution < 1.29 is 27.8 Å². The van der Waals surface area contributed by atoms with E-state index in [2.05, 4.69) is 20.4 Å². The number of rotatable bonds is 5. The van der Waals surface area contributed by atoms with Crippen molar-refractivity contribution in [1.29, 1.82) is 0 Å². The maximum absolute atomic E-state index is 12.1. The standard InChI is InChI=1S/C16H16F3N3O3/c1-10-3-2-8-20-14(10)22-15(24)21-9-13(23)11-4-6-12(7-5-11)25-16(17,18)19/h2-8,13,23H,9H2,1H3,(H2,20,21,22,24). The molecule has 1 aromatic carbocycles. The first-order chi connectivity index (χ1) is 11.7. The van der Waals surface area contributed by atoms with Gasteiger partial charge in [0.15, 0.2) is 0 Å². The van der Waals surface area contributed by atoms with Crippen molar-refractivity contribution in [2.75, 3.05) is 11.9 Å². The number of aromatic nitrogens is 1. The number of carbonyl (C=O) groups excluding carboxylic acids is 1. The van der Waals surface area contributed by atoms with Crippen LogP contribution >= 0.6 is 0 Å². The third-order valence-corrected chi connectivity index (χ3v) is 3.20. The van der Waals surface area contributed by atoms with E-state index in [1.54, 1.807) is 19.1 Å². The normalized spacial score (nSPS) is 12.4. The van der Waals surface area contributed by atoms with Crippen LogP contribution in [0.3, 0.4) is 0 Å². The zero-order chi connectivity index (χ0) is 18.4. The predicted molar refractivity (Wildman–Crippen MR) is 84.1 cm³/mol. The summed E-state index contributed by atoms with van der Waals surface area (Å²) in [7, 11) is 0. The Hall–Kier alpha value is -2.81. The van der Waals surface area contributed by atoms with Crippen molar-refractivity contribution in [3.8, 4) is 5.75 Å². The van der Waals surface area contributed by atoms with Crippen LogP contribution in [0.25, 0.3) is 0 Å². The van der Waals surface area contributed by atoms with E-state index in [1.807, 2.05) is 0 Å². The van der Waals surface area contributed by atoms with Crippen LogP contribution in [-0.4, -0.2) is 29.0 Å². The first-order valence-electron chi connectivity index (χ1n) is 7.25. The molecule has 1 aromatic heterocycles.